The van der Waals surface area contributed by atoms with Gasteiger partial charge in [0.2, 0.25) is 0 Å². The third-order valence-corrected chi connectivity index (χ3v) is 2.18. The van der Waals surface area contributed by atoms with Gasteiger partial charge in [0.15, 0.2) is 11.5 Å². The topological polar surface area (TPSA) is 30.5 Å². The summed E-state index contributed by atoms with van der Waals surface area (Å²) in [5.74, 6) is 1.46. The van der Waals surface area contributed by atoms with Crippen LogP contribution in [0.5, 0.6) is 11.5 Å². The van der Waals surface area contributed by atoms with E-state index in [0.29, 0.717) is 26.2 Å². The summed E-state index contributed by atoms with van der Waals surface area (Å²) >= 11 is 0. The van der Waals surface area contributed by atoms with Gasteiger partial charge in [-0.2, -0.15) is 0 Å². The van der Waals surface area contributed by atoms with Crippen molar-refractivity contribution in [3.05, 3.63) is 18.2 Å². The van der Waals surface area contributed by atoms with Crippen LogP contribution in [0.1, 0.15) is 20.3 Å². The molecule has 0 saturated carbocycles. The Labute approximate surface area is 102 Å². The first-order valence-corrected chi connectivity index (χ1v) is 6.01. The van der Waals surface area contributed by atoms with Gasteiger partial charge in [-0.1, -0.05) is 0 Å². The summed E-state index contributed by atoms with van der Waals surface area (Å²) in [7, 11) is 0. The molecule has 3 nitrogen and oxygen atoms in total. The fraction of sp³-hybridized carbons (Fsp3) is 0.538. The van der Waals surface area contributed by atoms with Gasteiger partial charge in [0.1, 0.15) is 0 Å². The highest BCUT2D eigenvalue weighted by atomic mass is 19.1. The van der Waals surface area contributed by atoms with Crippen molar-refractivity contribution in [3.63, 3.8) is 0 Å². The molecule has 0 radical (unpaired) electrons. The van der Waals surface area contributed by atoms with Gasteiger partial charge >= 0.3 is 0 Å². The van der Waals surface area contributed by atoms with Gasteiger partial charge in [-0.25, -0.2) is 0 Å². The molecule has 0 atom stereocenters. The zero-order valence-electron chi connectivity index (χ0n) is 10.5. The summed E-state index contributed by atoms with van der Waals surface area (Å²) in [5, 5.41) is 3.14. The van der Waals surface area contributed by atoms with Crippen LogP contribution in [0, 0.1) is 0 Å². The molecule has 0 spiro atoms. The summed E-state index contributed by atoms with van der Waals surface area (Å²) in [4.78, 5) is 0. The molecule has 0 fully saturated rings. The summed E-state index contributed by atoms with van der Waals surface area (Å²) in [6, 6.07) is 5.66. The van der Waals surface area contributed by atoms with Crippen molar-refractivity contribution in [3.8, 4) is 11.5 Å². The lowest BCUT2D eigenvalue weighted by atomic mass is 10.2. The standard InChI is InChI=1S/C13H20FNO2/c1-3-16-12-7-6-11(15-9-5-8-14)10-13(12)17-4-2/h6-7,10,15H,3-5,8-9H2,1-2H3. The Morgan fingerprint density at radius 1 is 1.12 bits per heavy atom. The number of nitrogens with one attached hydrogen (secondary N) is 1. The van der Waals surface area contributed by atoms with E-state index < -0.39 is 0 Å². The van der Waals surface area contributed by atoms with Crippen molar-refractivity contribution in [1.29, 1.82) is 0 Å². The molecule has 0 heterocycles. The van der Waals surface area contributed by atoms with E-state index in [4.69, 9.17) is 9.47 Å². The van der Waals surface area contributed by atoms with Gasteiger partial charge in [0.25, 0.3) is 0 Å². The number of rotatable bonds is 8. The van der Waals surface area contributed by atoms with Gasteiger partial charge in [0, 0.05) is 18.3 Å². The molecule has 0 aromatic heterocycles. The molecule has 0 unspecified atom stereocenters. The van der Waals surface area contributed by atoms with Gasteiger partial charge in [0.05, 0.1) is 19.9 Å². The van der Waals surface area contributed by atoms with Crippen molar-refractivity contribution < 1.29 is 13.9 Å². The molecule has 1 aromatic carbocycles. The number of anilines is 1. The second kappa shape index (κ2) is 7.76. The number of halogens is 1. The lowest BCUT2D eigenvalue weighted by molar-refractivity contribution is 0.288. The van der Waals surface area contributed by atoms with Crippen LogP contribution in [0.2, 0.25) is 0 Å². The maximum absolute atomic E-state index is 12.0. The summed E-state index contributed by atoms with van der Waals surface area (Å²) < 4.78 is 22.9. The average molecular weight is 241 g/mol. The van der Waals surface area contributed by atoms with E-state index in [2.05, 4.69) is 5.32 Å². The van der Waals surface area contributed by atoms with E-state index in [-0.39, 0.29) is 6.67 Å². The highest BCUT2D eigenvalue weighted by Gasteiger charge is 2.05. The number of hydrogen-bond donors (Lipinski definition) is 1. The molecular weight excluding hydrogens is 221 g/mol. The van der Waals surface area contributed by atoms with Crippen LogP contribution in [0.4, 0.5) is 10.1 Å². The third-order valence-electron chi connectivity index (χ3n) is 2.18. The molecule has 0 bridgehead atoms. The maximum Gasteiger partial charge on any atom is 0.163 e. The normalized spacial score (nSPS) is 10.1. The van der Waals surface area contributed by atoms with E-state index in [1.54, 1.807) is 0 Å². The molecule has 0 amide bonds. The Morgan fingerprint density at radius 2 is 1.82 bits per heavy atom. The fourth-order valence-corrected chi connectivity index (χ4v) is 1.46. The lowest BCUT2D eigenvalue weighted by Gasteiger charge is -2.13. The van der Waals surface area contributed by atoms with Crippen LogP contribution in [0.15, 0.2) is 18.2 Å². The minimum absolute atomic E-state index is 0.303. The fourth-order valence-electron chi connectivity index (χ4n) is 1.46. The van der Waals surface area contributed by atoms with E-state index in [1.807, 2.05) is 32.0 Å². The minimum Gasteiger partial charge on any atom is -0.490 e. The number of benzene rings is 1. The number of alkyl halides is 1. The molecule has 0 saturated heterocycles. The zero-order valence-corrected chi connectivity index (χ0v) is 10.5. The van der Waals surface area contributed by atoms with Crippen LogP contribution in [0.25, 0.3) is 0 Å². The first kappa shape index (κ1) is 13.6. The van der Waals surface area contributed by atoms with Crippen LogP contribution < -0.4 is 14.8 Å². The van der Waals surface area contributed by atoms with Crippen LogP contribution in [-0.2, 0) is 0 Å². The predicted molar refractivity (Wildman–Crippen MR) is 67.9 cm³/mol. The second-order valence-electron chi connectivity index (χ2n) is 3.50. The minimum atomic E-state index is -0.303. The second-order valence-corrected chi connectivity index (χ2v) is 3.50. The van der Waals surface area contributed by atoms with Crippen molar-refractivity contribution >= 4 is 5.69 Å². The SMILES string of the molecule is CCOc1ccc(NCCCF)cc1OCC. The monoisotopic (exact) mass is 241 g/mol. The molecule has 1 rings (SSSR count). The average Bonchev–Trinajstić information content (AvgIpc) is 2.33. The Balaban J connectivity index is 2.70. The first-order valence-electron chi connectivity index (χ1n) is 6.01. The van der Waals surface area contributed by atoms with Crippen molar-refractivity contribution in [1.82, 2.24) is 0 Å². The predicted octanol–water partition coefficient (Wildman–Crippen LogP) is 3.26. The molecule has 4 heteroatoms. The molecule has 0 aliphatic carbocycles. The molecule has 96 valence electrons. The first-order chi connectivity index (χ1) is 8.31. The number of hydrogen-bond acceptors (Lipinski definition) is 3. The zero-order chi connectivity index (χ0) is 12.5. The van der Waals surface area contributed by atoms with Crippen molar-refractivity contribution in [2.24, 2.45) is 0 Å². The molecule has 0 aliphatic rings. The van der Waals surface area contributed by atoms with Gasteiger partial charge in [-0.05, 0) is 32.4 Å². The Hall–Kier alpha value is -1.45. The van der Waals surface area contributed by atoms with E-state index in [1.165, 1.54) is 0 Å². The summed E-state index contributed by atoms with van der Waals surface area (Å²) in [6.07, 6.45) is 0.511. The van der Waals surface area contributed by atoms with Crippen LogP contribution in [0.3, 0.4) is 0 Å². The van der Waals surface area contributed by atoms with Crippen LogP contribution in [-0.4, -0.2) is 26.4 Å². The molecule has 17 heavy (non-hydrogen) atoms. The van der Waals surface area contributed by atoms with E-state index >= 15 is 0 Å². The highest BCUT2D eigenvalue weighted by molar-refractivity contribution is 5.54. The quantitative estimate of drug-likeness (QED) is 0.709. The Bertz CT molecular complexity index is 331. The van der Waals surface area contributed by atoms with Gasteiger partial charge in [-0.15, -0.1) is 0 Å². The third kappa shape index (κ3) is 4.51. The van der Waals surface area contributed by atoms with Crippen LogP contribution >= 0.6 is 0 Å². The number of ether oxygens (including phenoxy) is 2. The molecule has 0 aliphatic heterocycles. The van der Waals surface area contributed by atoms with Gasteiger partial charge < -0.3 is 14.8 Å². The lowest BCUT2D eigenvalue weighted by Crippen LogP contribution is -2.04. The Morgan fingerprint density at radius 3 is 2.47 bits per heavy atom. The van der Waals surface area contributed by atoms with Gasteiger partial charge in [-0.3, -0.25) is 4.39 Å². The van der Waals surface area contributed by atoms with E-state index in [9.17, 15) is 4.39 Å². The molecular formula is C13H20FNO2. The largest absolute Gasteiger partial charge is 0.490 e. The van der Waals surface area contributed by atoms with Crippen molar-refractivity contribution in [2.45, 2.75) is 20.3 Å². The summed E-state index contributed by atoms with van der Waals surface area (Å²) in [5.41, 5.74) is 0.922. The highest BCUT2D eigenvalue weighted by Crippen LogP contribution is 2.30. The maximum atomic E-state index is 12.0. The van der Waals surface area contributed by atoms with E-state index in [0.717, 1.165) is 17.2 Å². The molecule has 1 aromatic rings. The molecule has 1 N–H and O–H groups in total. The Kier molecular flexibility index (Phi) is 6.22. The smallest absolute Gasteiger partial charge is 0.163 e. The summed E-state index contributed by atoms with van der Waals surface area (Å²) in [6.45, 7) is 5.38. The van der Waals surface area contributed by atoms with Crippen molar-refractivity contribution in [2.75, 3.05) is 31.7 Å².